The lowest BCUT2D eigenvalue weighted by Crippen LogP contribution is -2.22. The molecule has 2 nitrogen and oxygen atoms in total. The van der Waals surface area contributed by atoms with Crippen molar-refractivity contribution in [3.63, 3.8) is 0 Å². The zero-order chi connectivity index (χ0) is 12.1. The van der Waals surface area contributed by atoms with Crippen LogP contribution in [0, 0.1) is 11.3 Å². The van der Waals surface area contributed by atoms with Gasteiger partial charge in [-0.25, -0.2) is 0 Å². The van der Waals surface area contributed by atoms with Crippen molar-refractivity contribution >= 4 is 12.0 Å². The lowest BCUT2D eigenvalue weighted by Gasteiger charge is -2.27. The SMILES string of the molecule is C=C(C)[C@@H](C=NCC(=O)CC)C(C)(C)C. The minimum absolute atomic E-state index is 0.116. The summed E-state index contributed by atoms with van der Waals surface area (Å²) < 4.78 is 0. The van der Waals surface area contributed by atoms with Gasteiger partial charge in [0.05, 0.1) is 6.54 Å². The highest BCUT2D eigenvalue weighted by Gasteiger charge is 2.23. The molecule has 0 unspecified atom stereocenters. The summed E-state index contributed by atoms with van der Waals surface area (Å²) in [5, 5.41) is 0. The Hall–Kier alpha value is -0.920. The Labute approximate surface area is 93.5 Å². The van der Waals surface area contributed by atoms with E-state index in [1.165, 1.54) is 0 Å². The van der Waals surface area contributed by atoms with Gasteiger partial charge in [0, 0.05) is 18.6 Å². The average Bonchev–Trinajstić information content (AvgIpc) is 2.09. The van der Waals surface area contributed by atoms with E-state index in [0.717, 1.165) is 5.57 Å². The maximum atomic E-state index is 11.1. The van der Waals surface area contributed by atoms with Crippen LogP contribution in [-0.4, -0.2) is 18.5 Å². The first-order valence-corrected chi connectivity index (χ1v) is 5.46. The molecule has 0 aliphatic carbocycles. The van der Waals surface area contributed by atoms with Gasteiger partial charge in [-0.05, 0) is 12.3 Å². The summed E-state index contributed by atoms with van der Waals surface area (Å²) in [5.41, 5.74) is 1.21. The van der Waals surface area contributed by atoms with Gasteiger partial charge in [0.1, 0.15) is 0 Å². The van der Waals surface area contributed by atoms with Crippen LogP contribution in [0.25, 0.3) is 0 Å². The molecule has 0 heterocycles. The first kappa shape index (κ1) is 14.1. The van der Waals surface area contributed by atoms with Crippen molar-refractivity contribution in [1.82, 2.24) is 0 Å². The van der Waals surface area contributed by atoms with Crippen molar-refractivity contribution in [3.8, 4) is 0 Å². The Morgan fingerprint density at radius 1 is 1.47 bits per heavy atom. The molecule has 0 radical (unpaired) electrons. The van der Waals surface area contributed by atoms with Crippen LogP contribution in [0.2, 0.25) is 0 Å². The lowest BCUT2D eigenvalue weighted by molar-refractivity contribution is -0.117. The summed E-state index contributed by atoms with van der Waals surface area (Å²) in [4.78, 5) is 15.3. The molecule has 0 saturated carbocycles. The van der Waals surface area contributed by atoms with Gasteiger partial charge >= 0.3 is 0 Å². The van der Waals surface area contributed by atoms with Gasteiger partial charge in [-0.15, -0.1) is 0 Å². The van der Waals surface area contributed by atoms with Crippen molar-refractivity contribution in [2.45, 2.75) is 41.0 Å². The number of aliphatic imine (C=N–C) groups is 1. The molecule has 2 heteroatoms. The second-order valence-corrected chi connectivity index (χ2v) is 5.07. The zero-order valence-corrected chi connectivity index (χ0v) is 10.6. The van der Waals surface area contributed by atoms with Gasteiger partial charge in [-0.1, -0.05) is 39.8 Å². The molecule has 0 saturated heterocycles. The molecule has 1 atom stereocenters. The minimum atomic E-state index is 0.116. The highest BCUT2D eigenvalue weighted by Crippen LogP contribution is 2.29. The maximum Gasteiger partial charge on any atom is 0.153 e. The Balaban J connectivity index is 4.44. The molecule has 0 fully saturated rings. The van der Waals surface area contributed by atoms with E-state index in [1.54, 1.807) is 0 Å². The minimum Gasteiger partial charge on any atom is -0.298 e. The second kappa shape index (κ2) is 5.84. The maximum absolute atomic E-state index is 11.1. The third kappa shape index (κ3) is 5.50. The number of carbonyl (C=O) groups excluding carboxylic acids is 1. The lowest BCUT2D eigenvalue weighted by atomic mass is 9.78. The Kier molecular flexibility index (Phi) is 5.48. The van der Waals surface area contributed by atoms with E-state index in [-0.39, 0.29) is 17.1 Å². The standard InChI is InChI=1S/C13H23NO/c1-7-11(15)8-14-9-12(10(2)3)13(4,5)6/h9,12H,2,7-8H2,1,3-6H3/t12-/m1/s1. The van der Waals surface area contributed by atoms with Crippen LogP contribution in [0.3, 0.4) is 0 Å². The topological polar surface area (TPSA) is 29.4 Å². The first-order valence-electron chi connectivity index (χ1n) is 5.46. The summed E-state index contributed by atoms with van der Waals surface area (Å²) in [6.45, 7) is 14.6. The van der Waals surface area contributed by atoms with Gasteiger partial charge in [-0.2, -0.15) is 0 Å². The predicted octanol–water partition coefficient (Wildman–Crippen LogP) is 3.27. The van der Waals surface area contributed by atoms with Crippen molar-refractivity contribution in [1.29, 1.82) is 0 Å². The molecular formula is C13H23NO. The fraction of sp³-hybridized carbons (Fsp3) is 0.692. The average molecular weight is 209 g/mol. The van der Waals surface area contributed by atoms with E-state index < -0.39 is 0 Å². The van der Waals surface area contributed by atoms with Crippen molar-refractivity contribution in [2.75, 3.05) is 6.54 Å². The molecule has 0 bridgehead atoms. The summed E-state index contributed by atoms with van der Waals surface area (Å²) >= 11 is 0. The van der Waals surface area contributed by atoms with Gasteiger partial charge in [0.25, 0.3) is 0 Å². The molecule has 0 aromatic heterocycles. The van der Waals surface area contributed by atoms with E-state index in [4.69, 9.17) is 0 Å². The molecule has 0 aliphatic rings. The molecule has 0 aromatic carbocycles. The molecule has 0 spiro atoms. The molecule has 86 valence electrons. The van der Waals surface area contributed by atoms with Gasteiger partial charge < -0.3 is 0 Å². The number of hydrogen-bond acceptors (Lipinski definition) is 2. The number of carbonyl (C=O) groups is 1. The smallest absolute Gasteiger partial charge is 0.153 e. The summed E-state index contributed by atoms with van der Waals surface area (Å²) in [6, 6.07) is 0. The molecule has 0 N–H and O–H groups in total. The van der Waals surface area contributed by atoms with Crippen molar-refractivity contribution in [2.24, 2.45) is 16.3 Å². The summed E-state index contributed by atoms with van der Waals surface area (Å²) in [7, 11) is 0. The first-order chi connectivity index (χ1) is 6.79. The number of Topliss-reactive ketones (excluding diaryl/α,β-unsaturated/α-hetero) is 1. The number of nitrogens with zero attached hydrogens (tertiary/aromatic N) is 1. The van der Waals surface area contributed by atoms with E-state index in [9.17, 15) is 4.79 Å². The van der Waals surface area contributed by atoms with Crippen LogP contribution < -0.4 is 0 Å². The van der Waals surface area contributed by atoms with Gasteiger partial charge in [-0.3, -0.25) is 9.79 Å². The third-order valence-corrected chi connectivity index (χ3v) is 2.38. The van der Waals surface area contributed by atoms with Crippen LogP contribution >= 0.6 is 0 Å². The number of ketones is 1. The van der Waals surface area contributed by atoms with E-state index >= 15 is 0 Å². The Morgan fingerprint density at radius 3 is 2.33 bits per heavy atom. The normalized spacial score (nSPS) is 14.2. The molecule has 0 aromatic rings. The summed E-state index contributed by atoms with van der Waals surface area (Å²) in [6.07, 6.45) is 2.43. The number of hydrogen-bond donors (Lipinski definition) is 0. The van der Waals surface area contributed by atoms with E-state index in [2.05, 4.69) is 32.3 Å². The van der Waals surface area contributed by atoms with Crippen molar-refractivity contribution in [3.05, 3.63) is 12.2 Å². The van der Waals surface area contributed by atoms with Gasteiger partial charge in [0.15, 0.2) is 5.78 Å². The fourth-order valence-electron chi connectivity index (χ4n) is 1.46. The van der Waals surface area contributed by atoms with Crippen LogP contribution in [0.5, 0.6) is 0 Å². The number of allylic oxidation sites excluding steroid dienone is 1. The molecule has 0 rings (SSSR count). The fourth-order valence-corrected chi connectivity index (χ4v) is 1.46. The van der Waals surface area contributed by atoms with Crippen LogP contribution in [-0.2, 0) is 4.79 Å². The monoisotopic (exact) mass is 209 g/mol. The number of rotatable bonds is 5. The van der Waals surface area contributed by atoms with E-state index in [0.29, 0.717) is 13.0 Å². The highest BCUT2D eigenvalue weighted by atomic mass is 16.1. The molecular weight excluding hydrogens is 186 g/mol. The highest BCUT2D eigenvalue weighted by molar-refractivity contribution is 5.82. The third-order valence-electron chi connectivity index (χ3n) is 2.38. The molecule has 0 aliphatic heterocycles. The second-order valence-electron chi connectivity index (χ2n) is 5.07. The van der Waals surface area contributed by atoms with Crippen LogP contribution in [0.1, 0.15) is 41.0 Å². The van der Waals surface area contributed by atoms with Crippen LogP contribution in [0.4, 0.5) is 0 Å². The van der Waals surface area contributed by atoms with Crippen molar-refractivity contribution < 1.29 is 4.79 Å². The zero-order valence-electron chi connectivity index (χ0n) is 10.6. The molecule has 15 heavy (non-hydrogen) atoms. The summed E-state index contributed by atoms with van der Waals surface area (Å²) in [5.74, 6) is 0.419. The van der Waals surface area contributed by atoms with Gasteiger partial charge in [0.2, 0.25) is 0 Å². The van der Waals surface area contributed by atoms with Crippen LogP contribution in [0.15, 0.2) is 17.1 Å². The predicted molar refractivity (Wildman–Crippen MR) is 66.4 cm³/mol. The Bertz CT molecular complexity index is 258. The quantitative estimate of drug-likeness (QED) is 0.504. The Morgan fingerprint density at radius 2 is 2.00 bits per heavy atom. The largest absolute Gasteiger partial charge is 0.298 e. The van der Waals surface area contributed by atoms with E-state index in [1.807, 2.05) is 20.1 Å². The molecule has 0 amide bonds.